The van der Waals surface area contributed by atoms with Gasteiger partial charge in [0.1, 0.15) is 16.9 Å². The quantitative estimate of drug-likeness (QED) is 0.464. The van der Waals surface area contributed by atoms with E-state index < -0.39 is 28.3 Å². The second-order valence-corrected chi connectivity index (χ2v) is 7.09. The van der Waals surface area contributed by atoms with Gasteiger partial charge in [-0.05, 0) is 31.2 Å². The summed E-state index contributed by atoms with van der Waals surface area (Å²) in [6.45, 7) is 1.66. The Hall–Kier alpha value is -3.21. The molecule has 11 heteroatoms. The molecule has 146 valence electrons. The van der Waals surface area contributed by atoms with Crippen molar-refractivity contribution >= 4 is 17.7 Å². The number of nitrogens with one attached hydrogen (secondary N) is 2. The van der Waals surface area contributed by atoms with E-state index in [1.165, 1.54) is 37.4 Å². The molecule has 0 unspecified atom stereocenters. The summed E-state index contributed by atoms with van der Waals surface area (Å²) in [5.74, 6) is -0.444. The van der Waals surface area contributed by atoms with Gasteiger partial charge in [0.2, 0.25) is 0 Å². The number of esters is 1. The number of halogens is 1. The molecule has 2 N–H and O–H groups in total. The van der Waals surface area contributed by atoms with Gasteiger partial charge in [0.15, 0.2) is 5.16 Å². The molecule has 0 aliphatic carbocycles. The van der Waals surface area contributed by atoms with Crippen molar-refractivity contribution in [1.82, 2.24) is 24.7 Å². The Morgan fingerprint density at radius 2 is 1.96 bits per heavy atom. The minimum Gasteiger partial charge on any atom is -0.468 e. The average Bonchev–Trinajstić information content (AvgIpc) is 3.02. The van der Waals surface area contributed by atoms with Crippen molar-refractivity contribution in [3.8, 4) is 5.69 Å². The van der Waals surface area contributed by atoms with Gasteiger partial charge in [0.25, 0.3) is 5.56 Å². The Morgan fingerprint density at radius 3 is 2.61 bits per heavy atom. The number of benzene rings is 1. The van der Waals surface area contributed by atoms with Crippen LogP contribution in [0.2, 0.25) is 0 Å². The van der Waals surface area contributed by atoms with Gasteiger partial charge < -0.3 is 9.72 Å². The summed E-state index contributed by atoms with van der Waals surface area (Å²) in [7, 11) is 1.29. The fourth-order valence-corrected chi connectivity index (χ4v) is 3.41. The minimum atomic E-state index is -0.635. The molecule has 0 spiro atoms. The van der Waals surface area contributed by atoms with Gasteiger partial charge in [-0.1, -0.05) is 11.8 Å². The molecule has 28 heavy (non-hydrogen) atoms. The van der Waals surface area contributed by atoms with Gasteiger partial charge >= 0.3 is 11.7 Å². The van der Waals surface area contributed by atoms with E-state index in [1.807, 2.05) is 0 Å². The maximum atomic E-state index is 13.3. The second kappa shape index (κ2) is 8.21. The Morgan fingerprint density at radius 1 is 1.25 bits per heavy atom. The highest BCUT2D eigenvalue weighted by Crippen LogP contribution is 2.27. The molecule has 0 aliphatic heterocycles. The van der Waals surface area contributed by atoms with Crippen molar-refractivity contribution in [1.29, 1.82) is 0 Å². The molecule has 0 saturated carbocycles. The van der Waals surface area contributed by atoms with Gasteiger partial charge in [0.05, 0.1) is 7.11 Å². The zero-order chi connectivity index (χ0) is 20.3. The van der Waals surface area contributed by atoms with Crippen molar-refractivity contribution in [2.45, 2.75) is 23.8 Å². The zero-order valence-electron chi connectivity index (χ0n) is 14.9. The number of nitrogens with zero attached hydrogens (tertiary/aromatic N) is 3. The van der Waals surface area contributed by atoms with Crippen LogP contribution in [0, 0.1) is 5.82 Å². The largest absolute Gasteiger partial charge is 0.468 e. The molecule has 0 radical (unpaired) electrons. The minimum absolute atomic E-state index is 0.0939. The molecule has 2 aromatic heterocycles. The summed E-state index contributed by atoms with van der Waals surface area (Å²) in [5, 5.41) is 8.06. The predicted molar refractivity (Wildman–Crippen MR) is 99.1 cm³/mol. The third kappa shape index (κ3) is 4.36. The Balaban J connectivity index is 2.04. The highest BCUT2D eigenvalue weighted by Gasteiger charge is 2.22. The van der Waals surface area contributed by atoms with E-state index in [1.54, 1.807) is 11.5 Å². The lowest BCUT2D eigenvalue weighted by Gasteiger charge is -2.12. The number of aromatic nitrogens is 5. The summed E-state index contributed by atoms with van der Waals surface area (Å²) in [5.41, 5.74) is -0.278. The molecule has 1 atom stereocenters. The lowest BCUT2D eigenvalue weighted by molar-refractivity contribution is -0.139. The lowest BCUT2D eigenvalue weighted by Crippen LogP contribution is -2.23. The Labute approximate surface area is 162 Å². The number of hydrogen-bond donors (Lipinski definition) is 2. The molecular formula is C17H16FN5O4S. The predicted octanol–water partition coefficient (Wildman–Crippen LogP) is 1.03. The highest BCUT2D eigenvalue weighted by molar-refractivity contribution is 8.00. The number of aromatic amines is 2. The standard InChI is InChI=1S/C17H16FN5O4S/c1-9(15(25)27-2)28-17-22-21-13(7-11-8-14(24)20-16(26)19-11)23(17)12-5-3-10(18)4-6-12/h3-6,8-9H,7H2,1-2H3,(H2,19,20,24,26)/t9-/m1/s1. The van der Waals surface area contributed by atoms with Crippen LogP contribution in [0.3, 0.4) is 0 Å². The molecule has 0 amide bonds. The van der Waals surface area contributed by atoms with Gasteiger partial charge in [-0.15, -0.1) is 10.2 Å². The second-order valence-electron chi connectivity index (χ2n) is 5.78. The van der Waals surface area contributed by atoms with Crippen LogP contribution in [0.15, 0.2) is 45.1 Å². The fourth-order valence-electron chi connectivity index (χ4n) is 2.50. The van der Waals surface area contributed by atoms with E-state index in [9.17, 15) is 18.8 Å². The number of carbonyl (C=O) groups excluding carboxylic acids is 1. The van der Waals surface area contributed by atoms with Crippen molar-refractivity contribution in [2.75, 3.05) is 7.11 Å². The van der Waals surface area contributed by atoms with Crippen LogP contribution < -0.4 is 11.2 Å². The van der Waals surface area contributed by atoms with Crippen LogP contribution in [-0.4, -0.2) is 43.1 Å². The van der Waals surface area contributed by atoms with Gasteiger partial charge in [0, 0.05) is 23.9 Å². The Kier molecular flexibility index (Phi) is 5.73. The van der Waals surface area contributed by atoms with Crippen LogP contribution in [0.25, 0.3) is 5.69 Å². The monoisotopic (exact) mass is 405 g/mol. The molecule has 0 bridgehead atoms. The molecular weight excluding hydrogens is 389 g/mol. The van der Waals surface area contributed by atoms with Crippen LogP contribution in [0.1, 0.15) is 18.4 Å². The molecule has 0 aliphatic rings. The maximum absolute atomic E-state index is 13.3. The third-order valence-electron chi connectivity index (χ3n) is 3.77. The summed E-state index contributed by atoms with van der Waals surface area (Å²) in [4.78, 5) is 39.4. The van der Waals surface area contributed by atoms with Crippen molar-refractivity contribution < 1.29 is 13.9 Å². The fraction of sp³-hybridized carbons (Fsp3) is 0.235. The number of H-pyrrole nitrogens is 2. The summed E-state index contributed by atoms with van der Waals surface area (Å²) in [6, 6.07) is 6.89. The van der Waals surface area contributed by atoms with Crippen molar-refractivity contribution in [2.24, 2.45) is 0 Å². The van der Waals surface area contributed by atoms with E-state index in [-0.39, 0.29) is 6.42 Å². The lowest BCUT2D eigenvalue weighted by atomic mass is 10.2. The molecule has 3 aromatic rings. The van der Waals surface area contributed by atoms with Gasteiger partial charge in [-0.2, -0.15) is 0 Å². The highest BCUT2D eigenvalue weighted by atomic mass is 32.2. The number of rotatable bonds is 6. The van der Waals surface area contributed by atoms with Crippen LogP contribution in [0.5, 0.6) is 0 Å². The first-order chi connectivity index (χ1) is 13.4. The van der Waals surface area contributed by atoms with Crippen molar-refractivity contribution in [3.63, 3.8) is 0 Å². The molecule has 1 aromatic carbocycles. The third-order valence-corrected chi connectivity index (χ3v) is 4.79. The van der Waals surface area contributed by atoms with E-state index in [0.717, 1.165) is 11.8 Å². The SMILES string of the molecule is COC(=O)[C@@H](C)Sc1nnc(Cc2cc(=O)[nH]c(=O)[nH]2)n1-c1ccc(F)cc1. The first-order valence-electron chi connectivity index (χ1n) is 8.14. The van der Waals surface area contributed by atoms with E-state index in [0.29, 0.717) is 22.4 Å². The maximum Gasteiger partial charge on any atom is 0.325 e. The zero-order valence-corrected chi connectivity index (χ0v) is 15.7. The van der Waals surface area contributed by atoms with Crippen molar-refractivity contribution in [3.05, 3.63) is 68.5 Å². The number of ether oxygens (including phenoxy) is 1. The van der Waals surface area contributed by atoms with E-state index in [4.69, 9.17) is 4.74 Å². The number of hydrogen-bond acceptors (Lipinski definition) is 7. The first-order valence-corrected chi connectivity index (χ1v) is 9.02. The molecule has 9 nitrogen and oxygen atoms in total. The van der Waals surface area contributed by atoms with Gasteiger partial charge in [-0.3, -0.25) is 19.1 Å². The molecule has 0 saturated heterocycles. The summed E-state index contributed by atoms with van der Waals surface area (Å²) in [6.07, 6.45) is 0.0939. The van der Waals surface area contributed by atoms with E-state index >= 15 is 0 Å². The van der Waals surface area contributed by atoms with Gasteiger partial charge in [-0.25, -0.2) is 9.18 Å². The topological polar surface area (TPSA) is 123 Å². The van der Waals surface area contributed by atoms with Crippen LogP contribution in [0.4, 0.5) is 4.39 Å². The normalized spacial score (nSPS) is 12.0. The number of methoxy groups -OCH3 is 1. The van der Waals surface area contributed by atoms with Crippen LogP contribution in [-0.2, 0) is 16.0 Å². The first kappa shape index (κ1) is 19.5. The smallest absolute Gasteiger partial charge is 0.325 e. The summed E-state index contributed by atoms with van der Waals surface area (Å²) < 4.78 is 19.7. The van der Waals surface area contributed by atoms with Crippen LogP contribution >= 0.6 is 11.8 Å². The number of thioether (sulfide) groups is 1. The Bertz CT molecular complexity index is 1080. The van der Waals surface area contributed by atoms with E-state index in [2.05, 4.69) is 20.2 Å². The summed E-state index contributed by atoms with van der Waals surface area (Å²) >= 11 is 1.12. The number of carbonyl (C=O) groups is 1. The molecule has 2 heterocycles. The average molecular weight is 405 g/mol. The molecule has 3 rings (SSSR count). The molecule has 0 fully saturated rings.